The van der Waals surface area contributed by atoms with E-state index in [1.807, 2.05) is 0 Å². The van der Waals surface area contributed by atoms with Gasteiger partial charge in [0.05, 0.1) is 0 Å². The number of carbonyl (C=O) groups excluding carboxylic acids is 1. The molecule has 3 nitrogen and oxygen atoms in total. The Bertz CT molecular complexity index is 483. The molecule has 0 saturated heterocycles. The molecule has 1 aliphatic carbocycles. The zero-order chi connectivity index (χ0) is 15.4. The average Bonchev–Trinajstić information content (AvgIpc) is 2.96. The second kappa shape index (κ2) is 7.23. The molecule has 1 fully saturated rings. The molecule has 0 heterocycles. The van der Waals surface area contributed by atoms with Crippen LogP contribution in [0.2, 0.25) is 5.02 Å². The van der Waals surface area contributed by atoms with E-state index in [1.54, 1.807) is 11.9 Å². The van der Waals surface area contributed by atoms with Crippen molar-refractivity contribution in [2.75, 3.05) is 27.2 Å². The van der Waals surface area contributed by atoms with Crippen LogP contribution in [0.15, 0.2) is 18.2 Å². The van der Waals surface area contributed by atoms with Crippen LogP contribution in [0.3, 0.4) is 0 Å². The number of rotatable bonds is 5. The second-order valence-electron chi connectivity index (χ2n) is 5.80. The van der Waals surface area contributed by atoms with Crippen LogP contribution in [0.1, 0.15) is 36.0 Å². The number of hydrogen-bond acceptors (Lipinski definition) is 2. The summed E-state index contributed by atoms with van der Waals surface area (Å²) >= 11 is 5.79. The number of hydrogen-bond donors (Lipinski definition) is 0. The number of benzene rings is 1. The van der Waals surface area contributed by atoms with Crippen LogP contribution >= 0.6 is 11.6 Å². The van der Waals surface area contributed by atoms with Gasteiger partial charge in [0.15, 0.2) is 0 Å². The van der Waals surface area contributed by atoms with Crippen molar-refractivity contribution in [3.05, 3.63) is 34.6 Å². The summed E-state index contributed by atoms with van der Waals surface area (Å²) in [7, 11) is 3.84. The standard InChI is InChI=1S/C16H22ClFN2O/c1-19(15-5-3-4-6-15)7-8-20(2)16(21)12-9-13(17)11-14(18)10-12/h9-11,15H,3-8H2,1-2H3. The van der Waals surface area contributed by atoms with Gasteiger partial charge in [0.25, 0.3) is 5.91 Å². The minimum absolute atomic E-state index is 0.198. The SMILES string of the molecule is CN(CCN(C)C1CCCC1)C(=O)c1cc(F)cc(Cl)c1. The molecule has 21 heavy (non-hydrogen) atoms. The predicted octanol–water partition coefficient (Wildman–Crippen LogP) is 3.43. The van der Waals surface area contributed by atoms with Crippen LogP contribution in [0.5, 0.6) is 0 Å². The van der Waals surface area contributed by atoms with Gasteiger partial charge in [-0.05, 0) is 38.1 Å². The molecule has 0 bridgehead atoms. The molecule has 0 radical (unpaired) electrons. The van der Waals surface area contributed by atoms with E-state index in [0.717, 1.165) is 6.54 Å². The highest BCUT2D eigenvalue weighted by Gasteiger charge is 2.20. The van der Waals surface area contributed by atoms with Crippen LogP contribution in [0, 0.1) is 5.82 Å². The first-order chi connectivity index (χ1) is 9.97. The van der Waals surface area contributed by atoms with Crippen molar-refractivity contribution in [2.45, 2.75) is 31.7 Å². The Morgan fingerprint density at radius 2 is 1.90 bits per heavy atom. The number of likely N-dealkylation sites (N-methyl/N-ethyl adjacent to an activating group) is 2. The molecule has 1 aromatic carbocycles. The summed E-state index contributed by atoms with van der Waals surface area (Å²) in [4.78, 5) is 16.2. The lowest BCUT2D eigenvalue weighted by atomic mass is 10.2. The molecule has 1 amide bonds. The fourth-order valence-electron chi connectivity index (χ4n) is 2.83. The van der Waals surface area contributed by atoms with Crippen molar-refractivity contribution in [3.8, 4) is 0 Å². The third-order valence-electron chi connectivity index (χ3n) is 4.19. The molecule has 2 rings (SSSR count). The Hall–Kier alpha value is -1.13. The van der Waals surface area contributed by atoms with E-state index in [-0.39, 0.29) is 10.9 Å². The van der Waals surface area contributed by atoms with E-state index < -0.39 is 5.82 Å². The fraction of sp³-hybridized carbons (Fsp3) is 0.562. The van der Waals surface area contributed by atoms with Gasteiger partial charge in [-0.15, -0.1) is 0 Å². The zero-order valence-electron chi connectivity index (χ0n) is 12.6. The van der Waals surface area contributed by atoms with E-state index in [9.17, 15) is 9.18 Å². The van der Waals surface area contributed by atoms with Crippen LogP contribution in [-0.2, 0) is 0 Å². The molecule has 0 unspecified atom stereocenters. The predicted molar refractivity (Wildman–Crippen MR) is 83.3 cm³/mol. The monoisotopic (exact) mass is 312 g/mol. The lowest BCUT2D eigenvalue weighted by molar-refractivity contribution is 0.0774. The molecular weight excluding hydrogens is 291 g/mol. The topological polar surface area (TPSA) is 23.6 Å². The number of nitrogens with zero attached hydrogens (tertiary/aromatic N) is 2. The molecule has 0 spiro atoms. The molecule has 1 aliphatic rings. The van der Waals surface area contributed by atoms with Crippen LogP contribution in [0.4, 0.5) is 4.39 Å². The van der Waals surface area contributed by atoms with Gasteiger partial charge in [-0.25, -0.2) is 4.39 Å². The first-order valence-corrected chi connectivity index (χ1v) is 7.77. The summed E-state index contributed by atoms with van der Waals surface area (Å²) in [6.07, 6.45) is 5.08. The fourth-order valence-corrected chi connectivity index (χ4v) is 3.06. The Labute approximate surface area is 130 Å². The van der Waals surface area contributed by atoms with Gasteiger partial charge < -0.3 is 9.80 Å². The summed E-state index contributed by atoms with van der Waals surface area (Å²) < 4.78 is 13.3. The minimum atomic E-state index is -0.484. The summed E-state index contributed by atoms with van der Waals surface area (Å²) in [5.41, 5.74) is 0.297. The second-order valence-corrected chi connectivity index (χ2v) is 6.24. The third-order valence-corrected chi connectivity index (χ3v) is 4.41. The quantitative estimate of drug-likeness (QED) is 0.831. The van der Waals surface area contributed by atoms with Gasteiger partial charge in [-0.2, -0.15) is 0 Å². The molecule has 1 saturated carbocycles. The first kappa shape index (κ1) is 16.2. The molecule has 0 aliphatic heterocycles. The summed E-state index contributed by atoms with van der Waals surface area (Å²) in [5.74, 6) is -0.682. The van der Waals surface area contributed by atoms with E-state index in [4.69, 9.17) is 11.6 Å². The molecule has 0 N–H and O–H groups in total. The van der Waals surface area contributed by atoms with E-state index >= 15 is 0 Å². The normalized spacial score (nSPS) is 15.7. The van der Waals surface area contributed by atoms with E-state index in [2.05, 4.69) is 11.9 Å². The van der Waals surface area contributed by atoms with Gasteiger partial charge in [0.1, 0.15) is 5.82 Å². The Morgan fingerprint density at radius 3 is 2.52 bits per heavy atom. The van der Waals surface area contributed by atoms with E-state index in [0.29, 0.717) is 18.2 Å². The van der Waals surface area contributed by atoms with Gasteiger partial charge >= 0.3 is 0 Å². The van der Waals surface area contributed by atoms with Gasteiger partial charge in [0, 0.05) is 36.8 Å². The van der Waals surface area contributed by atoms with Crippen LogP contribution in [0.25, 0.3) is 0 Å². The maximum Gasteiger partial charge on any atom is 0.253 e. The molecule has 116 valence electrons. The number of carbonyl (C=O) groups is 1. The molecule has 0 aromatic heterocycles. The summed E-state index contributed by atoms with van der Waals surface area (Å²) in [6, 6.07) is 4.57. The lowest BCUT2D eigenvalue weighted by Gasteiger charge is -2.26. The average molecular weight is 313 g/mol. The van der Waals surface area contributed by atoms with Gasteiger partial charge in [0.2, 0.25) is 0 Å². The largest absolute Gasteiger partial charge is 0.340 e. The number of halogens is 2. The number of amides is 1. The maximum absolute atomic E-state index is 13.3. The molecule has 5 heteroatoms. The highest BCUT2D eigenvalue weighted by atomic mass is 35.5. The zero-order valence-corrected chi connectivity index (χ0v) is 13.4. The summed E-state index contributed by atoms with van der Waals surface area (Å²) in [5, 5.41) is 0.245. The molecular formula is C16H22ClFN2O. The van der Waals surface area contributed by atoms with Crippen molar-refractivity contribution in [1.29, 1.82) is 0 Å². The first-order valence-electron chi connectivity index (χ1n) is 7.39. The summed E-state index contributed by atoms with van der Waals surface area (Å²) in [6.45, 7) is 1.45. The molecule has 1 aromatic rings. The van der Waals surface area contributed by atoms with E-state index in [1.165, 1.54) is 43.9 Å². The van der Waals surface area contributed by atoms with Crippen molar-refractivity contribution >= 4 is 17.5 Å². The van der Waals surface area contributed by atoms with Crippen molar-refractivity contribution in [1.82, 2.24) is 9.80 Å². The Balaban J connectivity index is 1.89. The Kier molecular flexibility index (Phi) is 5.59. The van der Waals surface area contributed by atoms with Crippen molar-refractivity contribution in [2.24, 2.45) is 0 Å². The highest BCUT2D eigenvalue weighted by Crippen LogP contribution is 2.22. The smallest absolute Gasteiger partial charge is 0.253 e. The van der Waals surface area contributed by atoms with Gasteiger partial charge in [-0.1, -0.05) is 24.4 Å². The van der Waals surface area contributed by atoms with Crippen molar-refractivity contribution in [3.63, 3.8) is 0 Å². The molecule has 0 atom stereocenters. The maximum atomic E-state index is 13.3. The lowest BCUT2D eigenvalue weighted by Crippen LogP contribution is -2.38. The third kappa shape index (κ3) is 4.42. The van der Waals surface area contributed by atoms with Crippen LogP contribution < -0.4 is 0 Å². The highest BCUT2D eigenvalue weighted by molar-refractivity contribution is 6.31. The van der Waals surface area contributed by atoms with Gasteiger partial charge in [-0.3, -0.25) is 4.79 Å². The minimum Gasteiger partial charge on any atom is -0.340 e. The van der Waals surface area contributed by atoms with Crippen LogP contribution in [-0.4, -0.2) is 48.9 Å². The Morgan fingerprint density at radius 1 is 1.24 bits per heavy atom. The van der Waals surface area contributed by atoms with Crippen molar-refractivity contribution < 1.29 is 9.18 Å².